The Hall–Kier alpha value is -1.06. The molecule has 0 unspecified atom stereocenters. The molecule has 0 amide bonds. The van der Waals surface area contributed by atoms with E-state index in [1.165, 1.54) is 0 Å². The van der Waals surface area contributed by atoms with Crippen molar-refractivity contribution >= 4 is 11.9 Å². The molecule has 0 radical (unpaired) electrons. The van der Waals surface area contributed by atoms with Crippen LogP contribution in [0, 0.1) is 5.41 Å². The van der Waals surface area contributed by atoms with Gasteiger partial charge in [0, 0.05) is 6.42 Å². The fourth-order valence-electron chi connectivity index (χ4n) is 2.51. The van der Waals surface area contributed by atoms with Crippen molar-refractivity contribution in [2.75, 3.05) is 0 Å². The second kappa shape index (κ2) is 5.14. The maximum atomic E-state index is 10.8. The highest BCUT2D eigenvalue weighted by molar-refractivity contribution is 5.69. The van der Waals surface area contributed by atoms with Crippen LogP contribution in [0.3, 0.4) is 0 Å². The quantitative estimate of drug-likeness (QED) is 0.736. The second-order valence-corrected chi connectivity index (χ2v) is 4.52. The Labute approximate surface area is 89.3 Å². The summed E-state index contributed by atoms with van der Waals surface area (Å²) in [6.07, 6.45) is 5.68. The molecule has 4 heteroatoms. The Morgan fingerprint density at radius 3 is 2.07 bits per heavy atom. The molecule has 0 aromatic heterocycles. The lowest BCUT2D eigenvalue weighted by atomic mass is 9.69. The highest BCUT2D eigenvalue weighted by Crippen LogP contribution is 2.43. The summed E-state index contributed by atoms with van der Waals surface area (Å²) in [6, 6.07) is 0. The monoisotopic (exact) mass is 214 g/mol. The van der Waals surface area contributed by atoms with E-state index in [2.05, 4.69) is 0 Å². The van der Waals surface area contributed by atoms with Gasteiger partial charge in [-0.25, -0.2) is 0 Å². The van der Waals surface area contributed by atoms with Crippen molar-refractivity contribution < 1.29 is 19.8 Å². The van der Waals surface area contributed by atoms with Gasteiger partial charge in [0.05, 0.1) is 6.42 Å². The molecule has 15 heavy (non-hydrogen) atoms. The molecule has 0 bridgehead atoms. The van der Waals surface area contributed by atoms with Crippen LogP contribution in [0.15, 0.2) is 0 Å². The van der Waals surface area contributed by atoms with Crippen molar-refractivity contribution in [2.45, 2.75) is 51.4 Å². The summed E-state index contributed by atoms with van der Waals surface area (Å²) in [5.41, 5.74) is -0.248. The summed E-state index contributed by atoms with van der Waals surface area (Å²) in [6.45, 7) is 0. The molecule has 1 fully saturated rings. The molecule has 1 rings (SSSR count). The number of hydrogen-bond acceptors (Lipinski definition) is 2. The van der Waals surface area contributed by atoms with E-state index in [0.717, 1.165) is 32.1 Å². The van der Waals surface area contributed by atoms with E-state index in [0.29, 0.717) is 6.42 Å². The highest BCUT2D eigenvalue weighted by atomic mass is 16.4. The van der Waals surface area contributed by atoms with E-state index >= 15 is 0 Å². The van der Waals surface area contributed by atoms with E-state index in [4.69, 9.17) is 10.2 Å². The zero-order chi connectivity index (χ0) is 11.3. The molecule has 0 heterocycles. The fraction of sp³-hybridized carbons (Fsp3) is 0.818. The van der Waals surface area contributed by atoms with Crippen LogP contribution in [-0.4, -0.2) is 22.2 Å². The predicted octanol–water partition coefficient (Wildman–Crippen LogP) is 2.28. The number of aliphatic carboxylic acids is 2. The molecule has 1 aliphatic rings. The maximum Gasteiger partial charge on any atom is 0.303 e. The van der Waals surface area contributed by atoms with Gasteiger partial charge in [0.15, 0.2) is 0 Å². The first-order chi connectivity index (χ1) is 7.04. The summed E-state index contributed by atoms with van der Waals surface area (Å²) < 4.78 is 0. The minimum atomic E-state index is -0.828. The lowest BCUT2D eigenvalue weighted by Gasteiger charge is -2.35. The zero-order valence-corrected chi connectivity index (χ0v) is 8.87. The Morgan fingerprint density at radius 2 is 1.60 bits per heavy atom. The highest BCUT2D eigenvalue weighted by Gasteiger charge is 2.34. The lowest BCUT2D eigenvalue weighted by Crippen LogP contribution is -2.28. The first-order valence-electron chi connectivity index (χ1n) is 5.48. The Bertz CT molecular complexity index is 241. The Kier molecular flexibility index (Phi) is 4.12. The van der Waals surface area contributed by atoms with Crippen molar-refractivity contribution in [2.24, 2.45) is 5.41 Å². The van der Waals surface area contributed by atoms with E-state index in [1.54, 1.807) is 0 Å². The predicted molar refractivity (Wildman–Crippen MR) is 54.6 cm³/mol. The van der Waals surface area contributed by atoms with Gasteiger partial charge in [0.2, 0.25) is 0 Å². The van der Waals surface area contributed by atoms with Crippen LogP contribution in [0.1, 0.15) is 51.4 Å². The minimum Gasteiger partial charge on any atom is -0.481 e. The zero-order valence-electron chi connectivity index (χ0n) is 8.87. The molecule has 1 aliphatic carbocycles. The van der Waals surface area contributed by atoms with Crippen molar-refractivity contribution in [3.05, 3.63) is 0 Å². The summed E-state index contributed by atoms with van der Waals surface area (Å²) >= 11 is 0. The third-order valence-electron chi connectivity index (χ3n) is 3.31. The number of rotatable bonds is 5. The fourth-order valence-corrected chi connectivity index (χ4v) is 2.51. The standard InChI is InChI=1S/C11H18O4/c12-9(13)4-7-11(8-10(14)15)5-2-1-3-6-11/h1-8H2,(H,12,13)(H,14,15). The molecule has 0 spiro atoms. The number of carbonyl (C=O) groups is 2. The summed E-state index contributed by atoms with van der Waals surface area (Å²) in [5, 5.41) is 17.5. The van der Waals surface area contributed by atoms with Crippen LogP contribution < -0.4 is 0 Å². The summed E-state index contributed by atoms with van der Waals surface area (Å²) in [7, 11) is 0. The van der Waals surface area contributed by atoms with Gasteiger partial charge in [-0.1, -0.05) is 19.3 Å². The van der Waals surface area contributed by atoms with Crippen molar-refractivity contribution in [3.63, 3.8) is 0 Å². The topological polar surface area (TPSA) is 74.6 Å². The van der Waals surface area contributed by atoms with Crippen LogP contribution in [0.2, 0.25) is 0 Å². The number of carboxylic acids is 2. The van der Waals surface area contributed by atoms with Gasteiger partial charge in [0.25, 0.3) is 0 Å². The molecule has 2 N–H and O–H groups in total. The summed E-state index contributed by atoms with van der Waals surface area (Å²) in [5.74, 6) is -1.63. The first-order valence-corrected chi connectivity index (χ1v) is 5.48. The number of hydrogen-bond donors (Lipinski definition) is 2. The maximum absolute atomic E-state index is 10.8. The molecule has 4 nitrogen and oxygen atoms in total. The number of carboxylic acid groups (broad SMARTS) is 2. The summed E-state index contributed by atoms with van der Waals surface area (Å²) in [4.78, 5) is 21.3. The van der Waals surface area contributed by atoms with Gasteiger partial charge in [-0.15, -0.1) is 0 Å². The Morgan fingerprint density at radius 1 is 1.00 bits per heavy atom. The van der Waals surface area contributed by atoms with Crippen LogP contribution in [-0.2, 0) is 9.59 Å². The van der Waals surface area contributed by atoms with Crippen LogP contribution in [0.5, 0.6) is 0 Å². The van der Waals surface area contributed by atoms with E-state index < -0.39 is 11.9 Å². The molecule has 0 saturated heterocycles. The third kappa shape index (κ3) is 3.90. The molecular formula is C11H18O4. The van der Waals surface area contributed by atoms with Crippen LogP contribution in [0.25, 0.3) is 0 Å². The average molecular weight is 214 g/mol. The normalized spacial score (nSPS) is 19.7. The minimum absolute atomic E-state index is 0.0906. The van der Waals surface area contributed by atoms with Gasteiger partial charge < -0.3 is 10.2 Å². The van der Waals surface area contributed by atoms with Crippen molar-refractivity contribution in [1.82, 2.24) is 0 Å². The van der Waals surface area contributed by atoms with Crippen LogP contribution in [0.4, 0.5) is 0 Å². The van der Waals surface area contributed by atoms with Crippen molar-refractivity contribution in [1.29, 1.82) is 0 Å². The van der Waals surface area contributed by atoms with Gasteiger partial charge in [-0.3, -0.25) is 9.59 Å². The van der Waals surface area contributed by atoms with Gasteiger partial charge in [-0.05, 0) is 24.7 Å². The molecule has 0 aromatic rings. The SMILES string of the molecule is O=C(O)CCC1(CC(=O)O)CCCCC1. The molecule has 86 valence electrons. The van der Waals surface area contributed by atoms with Gasteiger partial charge in [0.1, 0.15) is 0 Å². The molecule has 0 atom stereocenters. The van der Waals surface area contributed by atoms with E-state index in [1.807, 2.05) is 0 Å². The Balaban J connectivity index is 2.57. The second-order valence-electron chi connectivity index (χ2n) is 4.52. The molecular weight excluding hydrogens is 196 g/mol. The smallest absolute Gasteiger partial charge is 0.303 e. The average Bonchev–Trinajstić information content (AvgIpc) is 2.15. The molecule has 1 saturated carbocycles. The van der Waals surface area contributed by atoms with Gasteiger partial charge in [-0.2, -0.15) is 0 Å². The van der Waals surface area contributed by atoms with Crippen LogP contribution >= 0.6 is 0 Å². The van der Waals surface area contributed by atoms with E-state index in [9.17, 15) is 9.59 Å². The lowest BCUT2D eigenvalue weighted by molar-refractivity contribution is -0.143. The third-order valence-corrected chi connectivity index (χ3v) is 3.31. The molecule has 0 aliphatic heterocycles. The van der Waals surface area contributed by atoms with E-state index in [-0.39, 0.29) is 18.3 Å². The van der Waals surface area contributed by atoms with Gasteiger partial charge >= 0.3 is 11.9 Å². The van der Waals surface area contributed by atoms with Crippen molar-refractivity contribution in [3.8, 4) is 0 Å². The first kappa shape index (κ1) is 12.0. The molecule has 0 aromatic carbocycles. The largest absolute Gasteiger partial charge is 0.481 e.